The van der Waals surface area contributed by atoms with Crippen LogP contribution < -0.4 is 5.32 Å². The van der Waals surface area contributed by atoms with Crippen LogP contribution in [0.2, 0.25) is 0 Å². The molecule has 0 spiro atoms. The van der Waals surface area contributed by atoms with Gasteiger partial charge in [0.05, 0.1) is 5.01 Å². The standard InChI is InChI=1S/C13H16N2S2/c1-10-15-9-13(17-10)8-14-7-11-3-5-12(16-2)6-4-11/h3-6,9,14H,7-8H2,1-2H3. The van der Waals surface area contributed by atoms with Crippen molar-refractivity contribution in [3.05, 3.63) is 45.9 Å². The molecule has 2 rings (SSSR count). The van der Waals surface area contributed by atoms with E-state index in [1.54, 1.807) is 23.1 Å². The van der Waals surface area contributed by atoms with Gasteiger partial charge in [-0.15, -0.1) is 23.1 Å². The maximum Gasteiger partial charge on any atom is 0.0897 e. The van der Waals surface area contributed by atoms with Crippen LogP contribution in [0, 0.1) is 6.92 Å². The first kappa shape index (κ1) is 12.6. The Morgan fingerprint density at radius 1 is 1.24 bits per heavy atom. The zero-order valence-electron chi connectivity index (χ0n) is 10.1. The van der Waals surface area contributed by atoms with Crippen molar-refractivity contribution in [3.63, 3.8) is 0 Å². The lowest BCUT2D eigenvalue weighted by Crippen LogP contribution is -2.11. The Kier molecular flexibility index (Phi) is 4.59. The van der Waals surface area contributed by atoms with Gasteiger partial charge in [-0.05, 0) is 30.9 Å². The summed E-state index contributed by atoms with van der Waals surface area (Å²) >= 11 is 3.53. The largest absolute Gasteiger partial charge is 0.308 e. The van der Waals surface area contributed by atoms with E-state index in [1.807, 2.05) is 13.1 Å². The molecule has 0 saturated carbocycles. The van der Waals surface area contributed by atoms with Gasteiger partial charge in [0.2, 0.25) is 0 Å². The Hall–Kier alpha value is -0.840. The van der Waals surface area contributed by atoms with Gasteiger partial charge < -0.3 is 5.32 Å². The smallest absolute Gasteiger partial charge is 0.0897 e. The zero-order valence-corrected chi connectivity index (χ0v) is 11.7. The lowest BCUT2D eigenvalue weighted by molar-refractivity contribution is 0.699. The van der Waals surface area contributed by atoms with E-state index in [9.17, 15) is 0 Å². The van der Waals surface area contributed by atoms with E-state index in [4.69, 9.17) is 0 Å². The molecular formula is C13H16N2S2. The molecule has 0 atom stereocenters. The van der Waals surface area contributed by atoms with Crippen molar-refractivity contribution in [3.8, 4) is 0 Å². The number of thiazole rings is 1. The molecule has 0 aliphatic heterocycles. The van der Waals surface area contributed by atoms with E-state index in [1.165, 1.54) is 15.3 Å². The summed E-state index contributed by atoms with van der Waals surface area (Å²) in [5.74, 6) is 0. The molecule has 4 heteroatoms. The summed E-state index contributed by atoms with van der Waals surface area (Å²) in [6, 6.07) is 8.69. The number of nitrogens with one attached hydrogen (secondary N) is 1. The Labute approximate surface area is 110 Å². The van der Waals surface area contributed by atoms with E-state index in [-0.39, 0.29) is 0 Å². The zero-order chi connectivity index (χ0) is 12.1. The van der Waals surface area contributed by atoms with Crippen LogP contribution in [0.5, 0.6) is 0 Å². The Morgan fingerprint density at radius 3 is 2.59 bits per heavy atom. The van der Waals surface area contributed by atoms with Crippen molar-refractivity contribution < 1.29 is 0 Å². The quantitative estimate of drug-likeness (QED) is 0.837. The lowest BCUT2D eigenvalue weighted by Gasteiger charge is -2.04. The van der Waals surface area contributed by atoms with Gasteiger partial charge in [-0.2, -0.15) is 0 Å². The van der Waals surface area contributed by atoms with Crippen LogP contribution in [-0.4, -0.2) is 11.2 Å². The lowest BCUT2D eigenvalue weighted by atomic mass is 10.2. The molecule has 0 amide bonds. The highest BCUT2D eigenvalue weighted by molar-refractivity contribution is 7.98. The van der Waals surface area contributed by atoms with Crippen LogP contribution in [0.25, 0.3) is 0 Å². The van der Waals surface area contributed by atoms with E-state index >= 15 is 0 Å². The third-order valence-corrected chi connectivity index (χ3v) is 4.11. The van der Waals surface area contributed by atoms with Crippen molar-refractivity contribution in [1.82, 2.24) is 10.3 Å². The molecule has 90 valence electrons. The number of hydrogen-bond acceptors (Lipinski definition) is 4. The third kappa shape index (κ3) is 3.84. The van der Waals surface area contributed by atoms with Crippen LogP contribution in [-0.2, 0) is 13.1 Å². The fourth-order valence-electron chi connectivity index (χ4n) is 1.56. The van der Waals surface area contributed by atoms with Crippen LogP contribution in [0.1, 0.15) is 15.4 Å². The summed E-state index contributed by atoms with van der Waals surface area (Å²) in [4.78, 5) is 6.85. The fourth-order valence-corrected chi connectivity index (χ4v) is 2.73. The van der Waals surface area contributed by atoms with Crippen LogP contribution in [0.3, 0.4) is 0 Å². The predicted molar refractivity (Wildman–Crippen MR) is 75.6 cm³/mol. The topological polar surface area (TPSA) is 24.9 Å². The molecule has 2 aromatic rings. The summed E-state index contributed by atoms with van der Waals surface area (Å²) in [6.45, 7) is 3.84. The van der Waals surface area contributed by atoms with E-state index in [0.717, 1.165) is 18.1 Å². The molecule has 0 saturated heterocycles. The summed E-state index contributed by atoms with van der Waals surface area (Å²) < 4.78 is 0. The Morgan fingerprint density at radius 2 is 2.00 bits per heavy atom. The second-order valence-electron chi connectivity index (χ2n) is 3.80. The van der Waals surface area contributed by atoms with Gasteiger partial charge in [0.1, 0.15) is 0 Å². The van der Waals surface area contributed by atoms with Gasteiger partial charge in [0.25, 0.3) is 0 Å². The molecule has 0 fully saturated rings. The van der Waals surface area contributed by atoms with Crippen molar-refractivity contribution in [2.75, 3.05) is 6.26 Å². The number of benzene rings is 1. The molecule has 1 aromatic heterocycles. The van der Waals surface area contributed by atoms with Crippen LogP contribution in [0.15, 0.2) is 35.4 Å². The first-order chi connectivity index (χ1) is 8.28. The van der Waals surface area contributed by atoms with Gasteiger partial charge in [0, 0.05) is 29.1 Å². The molecule has 0 radical (unpaired) electrons. The molecule has 1 heterocycles. The number of aromatic nitrogens is 1. The fraction of sp³-hybridized carbons (Fsp3) is 0.308. The Bertz CT molecular complexity index is 463. The first-order valence-electron chi connectivity index (χ1n) is 5.53. The van der Waals surface area contributed by atoms with E-state index < -0.39 is 0 Å². The minimum atomic E-state index is 0.899. The maximum atomic E-state index is 4.24. The van der Waals surface area contributed by atoms with Gasteiger partial charge >= 0.3 is 0 Å². The number of nitrogens with zero attached hydrogens (tertiary/aromatic N) is 1. The minimum absolute atomic E-state index is 0.899. The molecule has 0 aliphatic carbocycles. The monoisotopic (exact) mass is 264 g/mol. The summed E-state index contributed by atoms with van der Waals surface area (Å²) in [5.41, 5.74) is 1.32. The number of hydrogen-bond donors (Lipinski definition) is 1. The van der Waals surface area contributed by atoms with E-state index in [2.05, 4.69) is 40.8 Å². The molecule has 0 aliphatic rings. The molecule has 0 bridgehead atoms. The second kappa shape index (κ2) is 6.19. The predicted octanol–water partition coefficient (Wildman–Crippen LogP) is 3.46. The molecule has 2 nitrogen and oxygen atoms in total. The molecular weight excluding hydrogens is 248 g/mol. The minimum Gasteiger partial charge on any atom is -0.308 e. The highest BCUT2D eigenvalue weighted by Crippen LogP contribution is 2.15. The van der Waals surface area contributed by atoms with Crippen molar-refractivity contribution in [1.29, 1.82) is 0 Å². The number of thioether (sulfide) groups is 1. The average molecular weight is 264 g/mol. The first-order valence-corrected chi connectivity index (χ1v) is 7.57. The van der Waals surface area contributed by atoms with Crippen molar-refractivity contribution >= 4 is 23.1 Å². The number of rotatable bonds is 5. The maximum absolute atomic E-state index is 4.24. The highest BCUT2D eigenvalue weighted by atomic mass is 32.2. The summed E-state index contributed by atoms with van der Waals surface area (Å²) in [7, 11) is 0. The molecule has 1 N–H and O–H groups in total. The van der Waals surface area contributed by atoms with Crippen LogP contribution in [0.4, 0.5) is 0 Å². The summed E-state index contributed by atoms with van der Waals surface area (Å²) in [5, 5.41) is 4.56. The molecule has 1 aromatic carbocycles. The number of aryl methyl sites for hydroxylation is 1. The van der Waals surface area contributed by atoms with Gasteiger partial charge in [0.15, 0.2) is 0 Å². The normalized spacial score (nSPS) is 10.7. The molecule has 0 unspecified atom stereocenters. The molecule has 17 heavy (non-hydrogen) atoms. The van der Waals surface area contributed by atoms with Gasteiger partial charge in [-0.1, -0.05) is 12.1 Å². The third-order valence-electron chi connectivity index (χ3n) is 2.46. The van der Waals surface area contributed by atoms with Crippen molar-refractivity contribution in [2.45, 2.75) is 24.9 Å². The highest BCUT2D eigenvalue weighted by Gasteiger charge is 1.98. The van der Waals surface area contributed by atoms with Gasteiger partial charge in [-0.3, -0.25) is 0 Å². The Balaban J connectivity index is 1.81. The average Bonchev–Trinajstić information content (AvgIpc) is 2.76. The van der Waals surface area contributed by atoms with E-state index in [0.29, 0.717) is 0 Å². The SMILES string of the molecule is CSc1ccc(CNCc2cnc(C)s2)cc1. The van der Waals surface area contributed by atoms with Gasteiger partial charge in [-0.25, -0.2) is 4.98 Å². The van der Waals surface area contributed by atoms with Crippen molar-refractivity contribution in [2.24, 2.45) is 0 Å². The van der Waals surface area contributed by atoms with Crippen LogP contribution >= 0.6 is 23.1 Å². The second-order valence-corrected chi connectivity index (χ2v) is 6.00. The summed E-state index contributed by atoms with van der Waals surface area (Å²) in [6.07, 6.45) is 4.04.